The van der Waals surface area contributed by atoms with Crippen molar-refractivity contribution in [2.75, 3.05) is 10.2 Å². The molecule has 0 N–H and O–H groups in total. The van der Waals surface area contributed by atoms with Crippen molar-refractivity contribution >= 4 is 55.9 Å². The number of fused-ring (bicyclic) bond motifs is 1. The molecule has 2 rings (SSSR count). The van der Waals surface area contributed by atoms with Crippen LogP contribution in [-0.4, -0.2) is 15.2 Å². The second-order valence-electron chi connectivity index (χ2n) is 2.48. The van der Waals surface area contributed by atoms with E-state index in [4.69, 9.17) is 0 Å². The first-order chi connectivity index (χ1) is 6.40. The van der Waals surface area contributed by atoms with Gasteiger partial charge in [0, 0.05) is 10.2 Å². The summed E-state index contributed by atoms with van der Waals surface area (Å²) in [5.74, 6) is 1.15. The molecule has 0 radical (unpaired) electrons. The summed E-state index contributed by atoms with van der Waals surface area (Å²) in [5, 5.41) is 0. The molecule has 0 aliphatic rings. The molecule has 0 saturated heterocycles. The van der Waals surface area contributed by atoms with Gasteiger partial charge in [-0.1, -0.05) is 46.5 Å². The first kappa shape index (κ1) is 9.73. The normalized spacial score (nSPS) is 10.8. The average Bonchev–Trinajstić information content (AvgIpc) is 2.57. The van der Waals surface area contributed by atoms with Crippen LogP contribution in [0.5, 0.6) is 0 Å². The van der Waals surface area contributed by atoms with E-state index >= 15 is 0 Å². The summed E-state index contributed by atoms with van der Waals surface area (Å²) in [5.41, 5.74) is 1.13. The Balaban J connectivity index is 2.28. The molecule has 4 heteroatoms. The van der Waals surface area contributed by atoms with Crippen molar-refractivity contribution in [3.63, 3.8) is 0 Å². The van der Waals surface area contributed by atoms with Crippen molar-refractivity contribution in [2.45, 2.75) is 4.34 Å². The third kappa shape index (κ3) is 2.35. The SMILES string of the molecule is ICCSc1nc2ccccc2s1. The van der Waals surface area contributed by atoms with E-state index in [0.29, 0.717) is 0 Å². The van der Waals surface area contributed by atoms with Crippen LogP contribution in [0.25, 0.3) is 10.2 Å². The second kappa shape index (κ2) is 4.61. The highest BCUT2D eigenvalue weighted by atomic mass is 127. The number of hydrogen-bond acceptors (Lipinski definition) is 3. The molecule has 1 nitrogen and oxygen atoms in total. The van der Waals surface area contributed by atoms with Gasteiger partial charge in [-0.3, -0.25) is 0 Å². The molecule has 2 aromatic rings. The minimum Gasteiger partial charge on any atom is -0.230 e. The van der Waals surface area contributed by atoms with Crippen LogP contribution in [-0.2, 0) is 0 Å². The lowest BCUT2D eigenvalue weighted by molar-refractivity contribution is 1.30. The Morgan fingerprint density at radius 1 is 1.38 bits per heavy atom. The highest BCUT2D eigenvalue weighted by Gasteiger charge is 2.01. The largest absolute Gasteiger partial charge is 0.230 e. The van der Waals surface area contributed by atoms with Gasteiger partial charge in [0.15, 0.2) is 4.34 Å². The van der Waals surface area contributed by atoms with E-state index in [9.17, 15) is 0 Å². The van der Waals surface area contributed by atoms with Gasteiger partial charge in [0.1, 0.15) is 0 Å². The summed E-state index contributed by atoms with van der Waals surface area (Å²) < 4.78 is 3.66. The van der Waals surface area contributed by atoms with Crippen molar-refractivity contribution in [3.8, 4) is 0 Å². The summed E-state index contributed by atoms with van der Waals surface area (Å²) in [6, 6.07) is 8.29. The highest BCUT2D eigenvalue weighted by Crippen LogP contribution is 2.29. The van der Waals surface area contributed by atoms with Crippen molar-refractivity contribution in [1.29, 1.82) is 0 Å². The van der Waals surface area contributed by atoms with E-state index in [2.05, 4.69) is 45.8 Å². The van der Waals surface area contributed by atoms with E-state index in [1.165, 1.54) is 13.5 Å². The molecule has 0 saturated carbocycles. The smallest absolute Gasteiger partial charge is 0.151 e. The Morgan fingerprint density at radius 2 is 2.23 bits per heavy atom. The predicted molar refractivity (Wildman–Crippen MR) is 69.2 cm³/mol. The standard InChI is InChI=1S/C9H8INS2/c10-5-6-12-9-11-7-3-1-2-4-8(7)13-9/h1-4H,5-6H2. The molecule has 13 heavy (non-hydrogen) atoms. The third-order valence-electron chi connectivity index (χ3n) is 1.58. The summed E-state index contributed by atoms with van der Waals surface area (Å²) in [6.45, 7) is 0. The van der Waals surface area contributed by atoms with E-state index in [-0.39, 0.29) is 0 Å². The molecule has 0 amide bonds. The maximum absolute atomic E-state index is 4.53. The molecular formula is C9H8INS2. The van der Waals surface area contributed by atoms with E-state index in [1.54, 1.807) is 11.3 Å². The summed E-state index contributed by atoms with van der Waals surface area (Å²) in [4.78, 5) is 4.53. The zero-order chi connectivity index (χ0) is 9.10. The van der Waals surface area contributed by atoms with Crippen LogP contribution in [0.4, 0.5) is 0 Å². The van der Waals surface area contributed by atoms with Gasteiger partial charge < -0.3 is 0 Å². The first-order valence-corrected chi connectivity index (χ1v) is 7.27. The van der Waals surface area contributed by atoms with Crippen molar-refractivity contribution in [1.82, 2.24) is 4.98 Å². The number of halogens is 1. The minimum absolute atomic E-state index is 1.13. The number of alkyl halides is 1. The number of hydrogen-bond donors (Lipinski definition) is 0. The highest BCUT2D eigenvalue weighted by molar-refractivity contribution is 14.1. The number of thiazole rings is 1. The number of benzene rings is 1. The molecule has 0 fully saturated rings. The van der Waals surface area contributed by atoms with Gasteiger partial charge >= 0.3 is 0 Å². The lowest BCUT2D eigenvalue weighted by Gasteiger charge is -1.88. The number of nitrogens with zero attached hydrogens (tertiary/aromatic N) is 1. The number of para-hydroxylation sites is 1. The maximum atomic E-state index is 4.53. The maximum Gasteiger partial charge on any atom is 0.151 e. The van der Waals surface area contributed by atoms with Crippen LogP contribution in [0.15, 0.2) is 28.6 Å². The molecular weight excluding hydrogens is 313 g/mol. The Bertz CT molecular complexity index is 366. The van der Waals surface area contributed by atoms with Gasteiger partial charge in [0.2, 0.25) is 0 Å². The van der Waals surface area contributed by atoms with Crippen LogP contribution in [0, 0.1) is 0 Å². The summed E-state index contributed by atoms with van der Waals surface area (Å²) >= 11 is 6.02. The minimum atomic E-state index is 1.13. The number of rotatable bonds is 3. The fraction of sp³-hybridized carbons (Fsp3) is 0.222. The van der Waals surface area contributed by atoms with Gasteiger partial charge in [0.25, 0.3) is 0 Å². The van der Waals surface area contributed by atoms with Crippen LogP contribution in [0.1, 0.15) is 0 Å². The molecule has 0 atom stereocenters. The van der Waals surface area contributed by atoms with Gasteiger partial charge in [-0.25, -0.2) is 4.98 Å². The molecule has 0 spiro atoms. The van der Waals surface area contributed by atoms with E-state index in [0.717, 1.165) is 11.3 Å². The lowest BCUT2D eigenvalue weighted by Crippen LogP contribution is -1.76. The number of thioether (sulfide) groups is 1. The topological polar surface area (TPSA) is 12.9 Å². The molecule has 0 aliphatic heterocycles. The molecule has 0 aliphatic carbocycles. The zero-order valence-electron chi connectivity index (χ0n) is 6.87. The summed E-state index contributed by atoms with van der Waals surface area (Å²) in [6.07, 6.45) is 0. The second-order valence-corrected chi connectivity index (χ2v) is 5.94. The van der Waals surface area contributed by atoms with Gasteiger partial charge in [-0.15, -0.1) is 11.3 Å². The Morgan fingerprint density at radius 3 is 3.00 bits per heavy atom. The van der Waals surface area contributed by atoms with Crippen LogP contribution < -0.4 is 0 Å². The molecule has 1 aromatic heterocycles. The quantitative estimate of drug-likeness (QED) is 0.484. The van der Waals surface area contributed by atoms with Gasteiger partial charge in [-0.05, 0) is 12.1 Å². The lowest BCUT2D eigenvalue weighted by atomic mass is 10.3. The molecule has 1 aromatic carbocycles. The first-order valence-electron chi connectivity index (χ1n) is 3.94. The Kier molecular flexibility index (Phi) is 3.45. The molecule has 0 unspecified atom stereocenters. The zero-order valence-corrected chi connectivity index (χ0v) is 10.7. The van der Waals surface area contributed by atoms with Crippen LogP contribution >= 0.6 is 45.7 Å². The van der Waals surface area contributed by atoms with Crippen molar-refractivity contribution < 1.29 is 0 Å². The van der Waals surface area contributed by atoms with Crippen molar-refractivity contribution in [2.24, 2.45) is 0 Å². The Labute approximate surface area is 99.1 Å². The average molecular weight is 321 g/mol. The Hall–Kier alpha value is 0.190. The molecule has 1 heterocycles. The molecule has 0 bridgehead atoms. The predicted octanol–water partition coefficient (Wildman–Crippen LogP) is 3.82. The van der Waals surface area contributed by atoms with Crippen molar-refractivity contribution in [3.05, 3.63) is 24.3 Å². The monoisotopic (exact) mass is 321 g/mol. The van der Waals surface area contributed by atoms with Gasteiger partial charge in [-0.2, -0.15) is 0 Å². The fourth-order valence-electron chi connectivity index (χ4n) is 1.04. The number of aromatic nitrogens is 1. The van der Waals surface area contributed by atoms with Crippen LogP contribution in [0.2, 0.25) is 0 Å². The van der Waals surface area contributed by atoms with E-state index in [1.807, 2.05) is 17.8 Å². The van der Waals surface area contributed by atoms with E-state index < -0.39 is 0 Å². The molecule has 68 valence electrons. The third-order valence-corrected chi connectivity index (χ3v) is 5.03. The van der Waals surface area contributed by atoms with Gasteiger partial charge in [0.05, 0.1) is 10.2 Å². The summed E-state index contributed by atoms with van der Waals surface area (Å²) in [7, 11) is 0. The fourth-order valence-corrected chi connectivity index (χ4v) is 3.57. The van der Waals surface area contributed by atoms with Crippen LogP contribution in [0.3, 0.4) is 0 Å².